The zero-order valence-electron chi connectivity index (χ0n) is 14.5. The monoisotopic (exact) mass is 345 g/mol. The van der Waals surface area contributed by atoms with Crippen molar-refractivity contribution in [2.24, 2.45) is 0 Å². The van der Waals surface area contributed by atoms with Crippen LogP contribution in [0.4, 0.5) is 11.4 Å². The quantitative estimate of drug-likeness (QED) is 0.581. The van der Waals surface area contributed by atoms with Gasteiger partial charge >= 0.3 is 5.97 Å². The van der Waals surface area contributed by atoms with Crippen molar-refractivity contribution in [1.82, 2.24) is 5.32 Å². The molecule has 0 radical (unpaired) electrons. The summed E-state index contributed by atoms with van der Waals surface area (Å²) in [6, 6.07) is 7.16. The maximum atomic E-state index is 12.6. The van der Waals surface area contributed by atoms with Crippen LogP contribution in [0.25, 0.3) is 0 Å². The van der Waals surface area contributed by atoms with Gasteiger partial charge in [-0.05, 0) is 18.6 Å². The van der Waals surface area contributed by atoms with Gasteiger partial charge in [0.05, 0.1) is 24.9 Å². The topological polar surface area (TPSA) is 87.7 Å². The van der Waals surface area contributed by atoms with Crippen LogP contribution in [-0.4, -0.2) is 38.0 Å². The number of carbonyl (C=O) groups excluding carboxylic acids is 3. The molecule has 134 valence electrons. The largest absolute Gasteiger partial charge is 0.469 e. The Morgan fingerprint density at radius 3 is 2.76 bits per heavy atom. The van der Waals surface area contributed by atoms with Crippen molar-refractivity contribution in [3.63, 3.8) is 0 Å². The first kappa shape index (κ1) is 18.5. The Labute approximate surface area is 147 Å². The Morgan fingerprint density at radius 1 is 1.28 bits per heavy atom. The number of hydrogen-bond donors (Lipinski definition) is 2. The molecule has 2 amide bonds. The molecule has 0 saturated carbocycles. The molecule has 0 spiro atoms. The number of ether oxygens (including phenoxy) is 1. The number of carbonyl (C=O) groups is 3. The van der Waals surface area contributed by atoms with Crippen molar-refractivity contribution in [2.75, 3.05) is 30.4 Å². The van der Waals surface area contributed by atoms with Crippen LogP contribution in [0.1, 0.15) is 26.2 Å². The summed E-state index contributed by atoms with van der Waals surface area (Å²) in [5.74, 6) is -1.03. The fraction of sp³-hybridized carbons (Fsp3) is 0.389. The number of hydrogen-bond acceptors (Lipinski definition) is 5. The van der Waals surface area contributed by atoms with Gasteiger partial charge in [-0.1, -0.05) is 25.5 Å². The van der Waals surface area contributed by atoms with Crippen molar-refractivity contribution < 1.29 is 19.1 Å². The number of rotatable bonds is 7. The average molecular weight is 345 g/mol. The van der Waals surface area contributed by atoms with Gasteiger partial charge in [-0.25, -0.2) is 0 Å². The molecule has 2 rings (SSSR count). The van der Waals surface area contributed by atoms with Crippen LogP contribution in [0.2, 0.25) is 0 Å². The normalized spacial score (nSPS) is 13.3. The molecule has 0 bridgehead atoms. The molecule has 1 heterocycles. The summed E-state index contributed by atoms with van der Waals surface area (Å²) in [5.41, 5.74) is 1.68. The van der Waals surface area contributed by atoms with E-state index >= 15 is 0 Å². The number of nitrogens with one attached hydrogen (secondary N) is 2. The van der Waals surface area contributed by atoms with Crippen molar-refractivity contribution in [3.8, 4) is 0 Å². The molecule has 1 aliphatic heterocycles. The fourth-order valence-electron chi connectivity index (χ4n) is 2.46. The lowest BCUT2D eigenvalue weighted by molar-refractivity contribution is -0.139. The molecule has 0 atom stereocenters. The molecule has 1 aromatic carbocycles. The molecule has 1 aromatic rings. The lowest BCUT2D eigenvalue weighted by atomic mass is 10.2. The van der Waals surface area contributed by atoms with E-state index < -0.39 is 5.97 Å². The minimum Gasteiger partial charge on any atom is -0.469 e. The number of para-hydroxylation sites is 2. The van der Waals surface area contributed by atoms with Crippen LogP contribution in [0, 0.1) is 0 Å². The zero-order valence-corrected chi connectivity index (χ0v) is 14.5. The summed E-state index contributed by atoms with van der Waals surface area (Å²) in [6.07, 6.45) is 3.15. The first-order chi connectivity index (χ1) is 12.0. The van der Waals surface area contributed by atoms with Gasteiger partial charge in [-0.15, -0.1) is 0 Å². The van der Waals surface area contributed by atoms with E-state index in [4.69, 9.17) is 0 Å². The fourth-order valence-corrected chi connectivity index (χ4v) is 2.46. The maximum Gasteiger partial charge on any atom is 0.311 e. The minimum atomic E-state index is -0.449. The van der Waals surface area contributed by atoms with Crippen molar-refractivity contribution >= 4 is 29.2 Å². The van der Waals surface area contributed by atoms with E-state index in [1.165, 1.54) is 18.1 Å². The Morgan fingerprint density at radius 2 is 2.04 bits per heavy atom. The van der Waals surface area contributed by atoms with Gasteiger partial charge in [0.2, 0.25) is 5.91 Å². The van der Waals surface area contributed by atoms with Gasteiger partial charge in [0.1, 0.15) is 6.54 Å². The van der Waals surface area contributed by atoms with E-state index in [1.54, 1.807) is 18.2 Å². The van der Waals surface area contributed by atoms with E-state index in [1.807, 2.05) is 13.0 Å². The first-order valence-corrected chi connectivity index (χ1v) is 8.26. The van der Waals surface area contributed by atoms with E-state index in [0.29, 0.717) is 23.6 Å². The number of amides is 2. The summed E-state index contributed by atoms with van der Waals surface area (Å²) in [5, 5.41) is 5.88. The third-order valence-corrected chi connectivity index (χ3v) is 3.77. The second-order valence-electron chi connectivity index (χ2n) is 5.69. The van der Waals surface area contributed by atoms with E-state index in [0.717, 1.165) is 12.8 Å². The standard InChI is InChI=1S/C18H23N3O4/c1-3-4-9-19-16(22)12-21-15-8-6-5-7-14(15)20-13(10-17(21)23)11-18(24)25-2/h5-8,10,20H,3-4,9,11-12H2,1-2H3,(H,19,22). The predicted octanol–water partition coefficient (Wildman–Crippen LogP) is 1.81. The van der Waals surface area contributed by atoms with Crippen molar-refractivity contribution in [3.05, 3.63) is 36.0 Å². The van der Waals surface area contributed by atoms with Gasteiger partial charge in [0, 0.05) is 18.3 Å². The van der Waals surface area contributed by atoms with E-state index in [2.05, 4.69) is 15.4 Å². The molecule has 2 N–H and O–H groups in total. The molecule has 1 aliphatic rings. The van der Waals surface area contributed by atoms with Gasteiger partial charge in [-0.3, -0.25) is 19.3 Å². The molecule has 0 aliphatic carbocycles. The Balaban J connectivity index is 2.22. The second-order valence-corrected chi connectivity index (χ2v) is 5.69. The molecule has 0 aromatic heterocycles. The second kappa shape index (κ2) is 8.86. The smallest absolute Gasteiger partial charge is 0.311 e. The number of benzene rings is 1. The molecular weight excluding hydrogens is 322 g/mol. The Kier molecular flexibility index (Phi) is 6.56. The molecule has 7 heteroatoms. The molecular formula is C18H23N3O4. The lowest BCUT2D eigenvalue weighted by Crippen LogP contribution is -2.40. The number of fused-ring (bicyclic) bond motifs is 1. The summed E-state index contributed by atoms with van der Waals surface area (Å²) in [4.78, 5) is 37.7. The molecule has 0 unspecified atom stereocenters. The minimum absolute atomic E-state index is 0.0485. The lowest BCUT2D eigenvalue weighted by Gasteiger charge is -2.21. The summed E-state index contributed by atoms with van der Waals surface area (Å²) >= 11 is 0. The number of nitrogens with zero attached hydrogens (tertiary/aromatic N) is 1. The summed E-state index contributed by atoms with van der Waals surface area (Å²) in [7, 11) is 1.29. The van der Waals surface area contributed by atoms with Crippen LogP contribution < -0.4 is 15.5 Å². The van der Waals surface area contributed by atoms with Crippen LogP contribution >= 0.6 is 0 Å². The third kappa shape index (κ3) is 5.07. The Hall–Kier alpha value is -2.83. The van der Waals surface area contributed by atoms with Crippen LogP contribution in [0.3, 0.4) is 0 Å². The van der Waals surface area contributed by atoms with Gasteiger partial charge in [0.15, 0.2) is 0 Å². The predicted molar refractivity (Wildman–Crippen MR) is 95.1 cm³/mol. The molecule has 0 fully saturated rings. The Bertz CT molecular complexity index is 685. The van der Waals surface area contributed by atoms with E-state index in [9.17, 15) is 14.4 Å². The highest BCUT2D eigenvalue weighted by molar-refractivity contribution is 6.09. The zero-order chi connectivity index (χ0) is 18.2. The van der Waals surface area contributed by atoms with Crippen molar-refractivity contribution in [2.45, 2.75) is 26.2 Å². The molecule has 7 nitrogen and oxygen atoms in total. The first-order valence-electron chi connectivity index (χ1n) is 8.26. The van der Waals surface area contributed by atoms with Crippen LogP contribution in [0.15, 0.2) is 36.0 Å². The highest BCUT2D eigenvalue weighted by atomic mass is 16.5. The third-order valence-electron chi connectivity index (χ3n) is 3.77. The number of unbranched alkanes of at least 4 members (excludes halogenated alkanes) is 1. The highest BCUT2D eigenvalue weighted by Crippen LogP contribution is 2.30. The van der Waals surface area contributed by atoms with Gasteiger partial charge in [-0.2, -0.15) is 0 Å². The molecule has 0 saturated heterocycles. The van der Waals surface area contributed by atoms with Gasteiger partial charge in [0.25, 0.3) is 5.91 Å². The van der Waals surface area contributed by atoms with Crippen LogP contribution in [-0.2, 0) is 19.1 Å². The highest BCUT2D eigenvalue weighted by Gasteiger charge is 2.24. The number of methoxy groups -OCH3 is 1. The summed E-state index contributed by atoms with van der Waals surface area (Å²) < 4.78 is 4.65. The van der Waals surface area contributed by atoms with Crippen molar-refractivity contribution in [1.29, 1.82) is 0 Å². The summed E-state index contributed by atoms with van der Waals surface area (Å²) in [6.45, 7) is 2.55. The molecule has 25 heavy (non-hydrogen) atoms. The average Bonchev–Trinajstić information content (AvgIpc) is 2.72. The number of esters is 1. The SMILES string of the molecule is CCCCNC(=O)CN1C(=O)C=C(CC(=O)OC)Nc2ccccc21. The van der Waals surface area contributed by atoms with Gasteiger partial charge < -0.3 is 15.4 Å². The van der Waals surface area contributed by atoms with Crippen LogP contribution in [0.5, 0.6) is 0 Å². The van der Waals surface area contributed by atoms with E-state index in [-0.39, 0.29) is 24.8 Å². The number of anilines is 2. The maximum absolute atomic E-state index is 12.6.